The van der Waals surface area contributed by atoms with E-state index < -0.39 is 4.92 Å². The van der Waals surface area contributed by atoms with Gasteiger partial charge in [0.15, 0.2) is 0 Å². The summed E-state index contributed by atoms with van der Waals surface area (Å²) < 4.78 is 0. The lowest BCUT2D eigenvalue weighted by atomic mass is 10.1. The number of nitro groups is 1. The number of nitro benzene ring substituents is 1. The van der Waals surface area contributed by atoms with Crippen LogP contribution < -0.4 is 5.32 Å². The molecule has 0 heterocycles. The van der Waals surface area contributed by atoms with Gasteiger partial charge >= 0.3 is 0 Å². The third-order valence-corrected chi connectivity index (χ3v) is 3.42. The van der Waals surface area contributed by atoms with Crippen LogP contribution in [0.1, 0.15) is 11.1 Å². The first-order valence-electron chi connectivity index (χ1n) is 7.23. The van der Waals surface area contributed by atoms with Gasteiger partial charge in [0.05, 0.1) is 11.5 Å². The van der Waals surface area contributed by atoms with Crippen LogP contribution in [0.3, 0.4) is 0 Å². The van der Waals surface area contributed by atoms with Crippen molar-refractivity contribution >= 4 is 17.3 Å². The van der Waals surface area contributed by atoms with E-state index in [0.717, 1.165) is 5.56 Å². The van der Waals surface area contributed by atoms with Crippen LogP contribution in [-0.4, -0.2) is 29.3 Å². The number of hydrogen-bond acceptors (Lipinski definition) is 4. The lowest BCUT2D eigenvalue weighted by molar-refractivity contribution is -0.384. The molecule has 120 valence electrons. The average molecular weight is 313 g/mol. The number of aryl methyl sites for hydroxylation is 1. The van der Waals surface area contributed by atoms with E-state index in [1.807, 2.05) is 42.3 Å². The maximum atomic E-state index is 12.2. The molecular formula is C17H19N3O3. The Bertz CT molecular complexity index is 701. The van der Waals surface area contributed by atoms with Crippen LogP contribution in [0.5, 0.6) is 0 Å². The van der Waals surface area contributed by atoms with Crippen LogP contribution in [0, 0.1) is 17.0 Å². The number of nitrogens with zero attached hydrogens (tertiary/aromatic N) is 2. The second-order valence-corrected chi connectivity index (χ2v) is 5.43. The third kappa shape index (κ3) is 4.62. The number of amides is 1. The number of carbonyl (C=O) groups excluding carboxylic acids is 1. The smallest absolute Gasteiger partial charge is 0.293 e. The second kappa shape index (κ2) is 7.51. The minimum absolute atomic E-state index is 0.0935. The number of likely N-dealkylation sites (N-methyl/N-ethyl adjacent to an activating group) is 1. The van der Waals surface area contributed by atoms with Gasteiger partial charge in [-0.15, -0.1) is 0 Å². The first-order chi connectivity index (χ1) is 11.0. The van der Waals surface area contributed by atoms with E-state index in [4.69, 9.17) is 0 Å². The van der Waals surface area contributed by atoms with Crippen molar-refractivity contribution < 1.29 is 9.72 Å². The maximum absolute atomic E-state index is 12.2. The van der Waals surface area contributed by atoms with Gasteiger partial charge in [0.25, 0.3) is 5.69 Å². The summed E-state index contributed by atoms with van der Waals surface area (Å²) in [7, 11) is 1.83. The van der Waals surface area contributed by atoms with Gasteiger partial charge in [-0.2, -0.15) is 0 Å². The first kappa shape index (κ1) is 16.6. The van der Waals surface area contributed by atoms with Gasteiger partial charge in [-0.05, 0) is 25.1 Å². The lowest BCUT2D eigenvalue weighted by Crippen LogP contribution is -2.30. The topological polar surface area (TPSA) is 75.5 Å². The van der Waals surface area contributed by atoms with Gasteiger partial charge in [0, 0.05) is 12.6 Å². The van der Waals surface area contributed by atoms with Crippen molar-refractivity contribution in [3.63, 3.8) is 0 Å². The molecule has 0 aliphatic heterocycles. The molecule has 0 fully saturated rings. The van der Waals surface area contributed by atoms with Gasteiger partial charge in [-0.3, -0.25) is 19.8 Å². The molecule has 0 bridgehead atoms. The number of benzene rings is 2. The fourth-order valence-electron chi connectivity index (χ4n) is 2.34. The molecule has 6 heteroatoms. The Balaban J connectivity index is 2.01. The Morgan fingerprint density at radius 1 is 1.17 bits per heavy atom. The molecule has 0 unspecified atom stereocenters. The SMILES string of the molecule is Cc1cccc([N+](=O)[O-])c1NC(=O)CN(C)Cc1ccccc1. The molecule has 1 amide bonds. The van der Waals surface area contributed by atoms with Crippen LogP contribution in [0.2, 0.25) is 0 Å². The van der Waals surface area contributed by atoms with Crippen molar-refractivity contribution in [3.05, 3.63) is 69.8 Å². The molecule has 0 saturated heterocycles. The molecule has 0 atom stereocenters. The summed E-state index contributed by atoms with van der Waals surface area (Å²) in [6.45, 7) is 2.51. The molecule has 2 rings (SSSR count). The summed E-state index contributed by atoms with van der Waals surface area (Å²) in [6.07, 6.45) is 0. The molecular weight excluding hydrogens is 294 g/mol. The average Bonchev–Trinajstić information content (AvgIpc) is 2.49. The maximum Gasteiger partial charge on any atom is 0.293 e. The lowest BCUT2D eigenvalue weighted by Gasteiger charge is -2.17. The van der Waals surface area contributed by atoms with Crippen LogP contribution in [0.25, 0.3) is 0 Å². The molecule has 0 radical (unpaired) electrons. The Morgan fingerprint density at radius 3 is 2.52 bits per heavy atom. The summed E-state index contributed by atoms with van der Waals surface area (Å²) in [5, 5.41) is 13.7. The van der Waals surface area contributed by atoms with Gasteiger partial charge in [0.1, 0.15) is 5.69 Å². The third-order valence-electron chi connectivity index (χ3n) is 3.42. The summed E-state index contributed by atoms with van der Waals surface area (Å²) >= 11 is 0. The Labute approximate surface area is 134 Å². The summed E-state index contributed by atoms with van der Waals surface area (Å²) in [4.78, 5) is 24.6. The molecule has 0 aromatic heterocycles. The Kier molecular flexibility index (Phi) is 5.43. The first-order valence-corrected chi connectivity index (χ1v) is 7.23. The van der Waals surface area contributed by atoms with Crippen LogP contribution in [0.4, 0.5) is 11.4 Å². The molecule has 0 aliphatic carbocycles. The fraction of sp³-hybridized carbons (Fsp3) is 0.235. The predicted octanol–water partition coefficient (Wildman–Crippen LogP) is 2.97. The molecule has 2 aromatic carbocycles. The molecule has 6 nitrogen and oxygen atoms in total. The van der Waals surface area contributed by atoms with Crippen LogP contribution in [-0.2, 0) is 11.3 Å². The second-order valence-electron chi connectivity index (χ2n) is 5.43. The quantitative estimate of drug-likeness (QED) is 0.657. The van der Waals surface area contributed by atoms with Gasteiger partial charge in [-0.25, -0.2) is 0 Å². The van der Waals surface area contributed by atoms with E-state index in [9.17, 15) is 14.9 Å². The van der Waals surface area contributed by atoms with Crippen LogP contribution >= 0.6 is 0 Å². The van der Waals surface area contributed by atoms with Crippen molar-refractivity contribution in [1.82, 2.24) is 4.90 Å². The molecule has 0 aliphatic rings. The highest BCUT2D eigenvalue weighted by Crippen LogP contribution is 2.27. The normalized spacial score (nSPS) is 10.6. The van der Waals surface area contributed by atoms with Crippen molar-refractivity contribution in [1.29, 1.82) is 0 Å². The van der Waals surface area contributed by atoms with E-state index in [-0.39, 0.29) is 23.8 Å². The van der Waals surface area contributed by atoms with Crippen molar-refractivity contribution in [3.8, 4) is 0 Å². The van der Waals surface area contributed by atoms with E-state index in [0.29, 0.717) is 12.1 Å². The standard InChI is InChI=1S/C17H19N3O3/c1-13-7-6-10-15(20(22)23)17(13)18-16(21)12-19(2)11-14-8-4-3-5-9-14/h3-10H,11-12H2,1-2H3,(H,18,21). The molecule has 1 N–H and O–H groups in total. The van der Waals surface area contributed by atoms with E-state index in [2.05, 4.69) is 5.32 Å². The minimum Gasteiger partial charge on any atom is -0.319 e. The highest BCUT2D eigenvalue weighted by Gasteiger charge is 2.18. The van der Waals surface area contributed by atoms with Crippen molar-refractivity contribution in [2.75, 3.05) is 18.9 Å². The Hall–Kier alpha value is -2.73. The summed E-state index contributed by atoms with van der Waals surface area (Å²) in [5.41, 5.74) is 1.93. The molecule has 0 saturated carbocycles. The van der Waals surface area contributed by atoms with Gasteiger partial charge in [-0.1, -0.05) is 42.5 Å². The number of rotatable bonds is 6. The van der Waals surface area contributed by atoms with E-state index >= 15 is 0 Å². The largest absolute Gasteiger partial charge is 0.319 e. The highest BCUT2D eigenvalue weighted by molar-refractivity contribution is 5.95. The predicted molar refractivity (Wildman–Crippen MR) is 89.2 cm³/mol. The highest BCUT2D eigenvalue weighted by atomic mass is 16.6. The zero-order chi connectivity index (χ0) is 16.8. The van der Waals surface area contributed by atoms with E-state index in [1.54, 1.807) is 19.1 Å². The van der Waals surface area contributed by atoms with Gasteiger partial charge in [0.2, 0.25) is 5.91 Å². The summed E-state index contributed by atoms with van der Waals surface area (Å²) in [6, 6.07) is 14.5. The van der Waals surface area contributed by atoms with Crippen molar-refractivity contribution in [2.24, 2.45) is 0 Å². The molecule has 2 aromatic rings. The number of carbonyl (C=O) groups is 1. The van der Waals surface area contributed by atoms with Gasteiger partial charge < -0.3 is 5.32 Å². The Morgan fingerprint density at radius 2 is 1.87 bits per heavy atom. The van der Waals surface area contributed by atoms with E-state index in [1.165, 1.54) is 6.07 Å². The number of para-hydroxylation sites is 1. The number of nitrogens with one attached hydrogen (secondary N) is 1. The number of anilines is 1. The van der Waals surface area contributed by atoms with Crippen LogP contribution in [0.15, 0.2) is 48.5 Å². The fourth-order valence-corrected chi connectivity index (χ4v) is 2.34. The molecule has 0 spiro atoms. The monoisotopic (exact) mass is 313 g/mol. The molecule has 23 heavy (non-hydrogen) atoms. The zero-order valence-electron chi connectivity index (χ0n) is 13.2. The van der Waals surface area contributed by atoms with Crippen molar-refractivity contribution in [2.45, 2.75) is 13.5 Å². The number of hydrogen-bond donors (Lipinski definition) is 1. The zero-order valence-corrected chi connectivity index (χ0v) is 13.2. The summed E-state index contributed by atoms with van der Waals surface area (Å²) in [5.74, 6) is -0.277. The minimum atomic E-state index is -0.490.